The van der Waals surface area contributed by atoms with Gasteiger partial charge in [-0.1, -0.05) is 36.4 Å². The first-order valence-corrected chi connectivity index (χ1v) is 7.11. The van der Waals surface area contributed by atoms with Gasteiger partial charge in [-0.3, -0.25) is 0 Å². The van der Waals surface area contributed by atoms with Crippen molar-refractivity contribution in [1.29, 1.82) is 0 Å². The average Bonchev–Trinajstić information content (AvgIpc) is 2.84. The number of hydrogen-bond acceptors (Lipinski definition) is 1. The molecule has 0 atom stereocenters. The summed E-state index contributed by atoms with van der Waals surface area (Å²) in [6, 6.07) is 12.9. The minimum absolute atomic E-state index is 0.967. The fourth-order valence-corrected chi connectivity index (χ4v) is 2.89. The second-order valence-corrected chi connectivity index (χ2v) is 5.45. The molecule has 1 heterocycles. The van der Waals surface area contributed by atoms with Gasteiger partial charge in [0.1, 0.15) is 11.2 Å². The Morgan fingerprint density at radius 1 is 0.900 bits per heavy atom. The minimum atomic E-state index is 0.967. The van der Waals surface area contributed by atoms with Crippen LogP contribution in [0.3, 0.4) is 0 Å². The van der Waals surface area contributed by atoms with Crippen molar-refractivity contribution in [3.8, 4) is 0 Å². The molecule has 1 aromatic heterocycles. The quantitative estimate of drug-likeness (QED) is 0.552. The smallest absolute Gasteiger partial charge is 0.135 e. The Labute approximate surface area is 118 Å². The monoisotopic (exact) mass is 260 g/mol. The zero-order valence-corrected chi connectivity index (χ0v) is 11.5. The number of fused-ring (bicyclic) bond motifs is 3. The van der Waals surface area contributed by atoms with Crippen LogP contribution in [0, 0.1) is 6.92 Å². The Morgan fingerprint density at radius 2 is 1.85 bits per heavy atom. The number of benzene rings is 2. The molecule has 0 saturated heterocycles. The third-order valence-electron chi connectivity index (χ3n) is 3.96. The van der Waals surface area contributed by atoms with Crippen LogP contribution in [0.15, 0.2) is 59.0 Å². The maximum absolute atomic E-state index is 5.94. The average molecular weight is 260 g/mol. The van der Waals surface area contributed by atoms with Crippen molar-refractivity contribution in [1.82, 2.24) is 0 Å². The third kappa shape index (κ3) is 1.78. The highest BCUT2D eigenvalue weighted by atomic mass is 16.3. The molecule has 1 aliphatic rings. The Hall–Kier alpha value is -2.28. The van der Waals surface area contributed by atoms with Gasteiger partial charge in [0.2, 0.25) is 0 Å². The molecule has 0 unspecified atom stereocenters. The molecule has 1 nitrogen and oxygen atoms in total. The van der Waals surface area contributed by atoms with Crippen molar-refractivity contribution in [2.45, 2.75) is 19.8 Å². The lowest BCUT2D eigenvalue weighted by Crippen LogP contribution is -1.85. The van der Waals surface area contributed by atoms with E-state index in [2.05, 4.69) is 61.5 Å². The summed E-state index contributed by atoms with van der Waals surface area (Å²) < 4.78 is 5.94. The third-order valence-corrected chi connectivity index (χ3v) is 3.96. The Kier molecular flexibility index (Phi) is 2.53. The van der Waals surface area contributed by atoms with Gasteiger partial charge >= 0.3 is 0 Å². The van der Waals surface area contributed by atoms with Crippen LogP contribution in [-0.2, 0) is 0 Å². The summed E-state index contributed by atoms with van der Waals surface area (Å²) in [4.78, 5) is 0. The van der Waals surface area contributed by atoms with Gasteiger partial charge in [0, 0.05) is 10.8 Å². The zero-order chi connectivity index (χ0) is 13.5. The van der Waals surface area contributed by atoms with Crippen molar-refractivity contribution < 1.29 is 4.42 Å². The van der Waals surface area contributed by atoms with Crippen LogP contribution in [0.4, 0.5) is 0 Å². The van der Waals surface area contributed by atoms with Gasteiger partial charge in [0.15, 0.2) is 0 Å². The van der Waals surface area contributed by atoms with Crippen LogP contribution in [0.2, 0.25) is 0 Å². The maximum Gasteiger partial charge on any atom is 0.135 e. The van der Waals surface area contributed by atoms with E-state index in [4.69, 9.17) is 4.42 Å². The van der Waals surface area contributed by atoms with Crippen molar-refractivity contribution in [2.75, 3.05) is 0 Å². The number of rotatable bonds is 1. The van der Waals surface area contributed by atoms with E-state index in [9.17, 15) is 0 Å². The van der Waals surface area contributed by atoms with Crippen molar-refractivity contribution in [3.05, 3.63) is 65.8 Å². The van der Waals surface area contributed by atoms with Crippen LogP contribution in [0.1, 0.15) is 24.0 Å². The first-order chi connectivity index (χ1) is 9.81. The highest BCUT2D eigenvalue weighted by molar-refractivity contribution is 6.06. The Morgan fingerprint density at radius 3 is 2.70 bits per heavy atom. The van der Waals surface area contributed by atoms with Gasteiger partial charge in [-0.25, -0.2) is 0 Å². The molecule has 0 aliphatic heterocycles. The predicted molar refractivity (Wildman–Crippen MR) is 84.8 cm³/mol. The van der Waals surface area contributed by atoms with E-state index in [-0.39, 0.29) is 0 Å². The molecule has 1 heteroatoms. The molecule has 98 valence electrons. The zero-order valence-electron chi connectivity index (χ0n) is 11.5. The maximum atomic E-state index is 5.94. The molecule has 20 heavy (non-hydrogen) atoms. The number of allylic oxidation sites excluding steroid dienone is 4. The van der Waals surface area contributed by atoms with Crippen LogP contribution in [0.5, 0.6) is 0 Å². The van der Waals surface area contributed by atoms with E-state index in [1.807, 2.05) is 0 Å². The second kappa shape index (κ2) is 4.38. The summed E-state index contributed by atoms with van der Waals surface area (Å²) in [5.41, 5.74) is 5.77. The van der Waals surface area contributed by atoms with Crippen LogP contribution in [-0.4, -0.2) is 0 Å². The minimum Gasteiger partial charge on any atom is -0.456 e. The van der Waals surface area contributed by atoms with Gasteiger partial charge in [-0.15, -0.1) is 0 Å². The van der Waals surface area contributed by atoms with E-state index in [1.165, 1.54) is 27.5 Å². The van der Waals surface area contributed by atoms with Crippen LogP contribution in [0.25, 0.3) is 27.5 Å². The summed E-state index contributed by atoms with van der Waals surface area (Å²) in [5, 5.41) is 2.41. The fourth-order valence-electron chi connectivity index (χ4n) is 2.89. The molecule has 3 aromatic rings. The summed E-state index contributed by atoms with van der Waals surface area (Å²) in [6.45, 7) is 2.09. The van der Waals surface area contributed by atoms with E-state index < -0.39 is 0 Å². The van der Waals surface area contributed by atoms with E-state index in [0.29, 0.717) is 0 Å². The predicted octanol–water partition coefficient (Wildman–Crippen LogP) is 5.63. The molecule has 1 aliphatic carbocycles. The molecule has 0 amide bonds. The fraction of sp³-hybridized carbons (Fsp3) is 0.158. The molecule has 0 saturated carbocycles. The first kappa shape index (κ1) is 11.5. The lowest BCUT2D eigenvalue weighted by atomic mass is 9.98. The van der Waals surface area contributed by atoms with Crippen LogP contribution < -0.4 is 0 Å². The van der Waals surface area contributed by atoms with E-state index in [1.54, 1.807) is 0 Å². The van der Waals surface area contributed by atoms with Gasteiger partial charge in [-0.2, -0.15) is 0 Å². The number of aryl methyl sites for hydroxylation is 1. The van der Waals surface area contributed by atoms with Gasteiger partial charge in [0.25, 0.3) is 0 Å². The van der Waals surface area contributed by atoms with Gasteiger partial charge in [-0.05, 0) is 54.7 Å². The lowest BCUT2D eigenvalue weighted by Gasteiger charge is -2.06. The van der Waals surface area contributed by atoms with Crippen molar-refractivity contribution in [2.24, 2.45) is 0 Å². The molecule has 4 rings (SSSR count). The summed E-state index contributed by atoms with van der Waals surface area (Å²) in [5.74, 6) is 0. The summed E-state index contributed by atoms with van der Waals surface area (Å²) in [7, 11) is 0. The van der Waals surface area contributed by atoms with E-state index in [0.717, 1.165) is 24.0 Å². The molecule has 0 spiro atoms. The molecule has 2 aromatic carbocycles. The van der Waals surface area contributed by atoms with Gasteiger partial charge in [0.05, 0.1) is 0 Å². The first-order valence-electron chi connectivity index (χ1n) is 7.11. The Bertz CT molecular complexity index is 862. The normalized spacial score (nSPS) is 14.9. The van der Waals surface area contributed by atoms with Gasteiger partial charge < -0.3 is 4.42 Å². The molecule has 0 radical (unpaired) electrons. The lowest BCUT2D eigenvalue weighted by molar-refractivity contribution is 0.668. The highest BCUT2D eigenvalue weighted by Gasteiger charge is 2.09. The number of hydrogen-bond donors (Lipinski definition) is 0. The topological polar surface area (TPSA) is 13.1 Å². The van der Waals surface area contributed by atoms with Crippen molar-refractivity contribution >= 4 is 27.5 Å². The summed E-state index contributed by atoms with van der Waals surface area (Å²) >= 11 is 0. The van der Waals surface area contributed by atoms with E-state index >= 15 is 0 Å². The standard InChI is InChI=1S/C19H16O/c1-13-7-9-16-17-12-15(14-5-3-2-4-6-14)8-10-18(17)20-19(16)11-13/h3,5-12H,2,4H2,1H3. The molecule has 0 fully saturated rings. The van der Waals surface area contributed by atoms with Crippen molar-refractivity contribution in [3.63, 3.8) is 0 Å². The number of furan rings is 1. The largest absolute Gasteiger partial charge is 0.456 e. The molecular weight excluding hydrogens is 244 g/mol. The summed E-state index contributed by atoms with van der Waals surface area (Å²) in [6.07, 6.45) is 9.07. The van der Waals surface area contributed by atoms with Crippen LogP contribution >= 0.6 is 0 Å². The molecule has 0 bridgehead atoms. The molecular formula is C19H16O. The highest BCUT2D eigenvalue weighted by Crippen LogP contribution is 2.32. The Balaban J connectivity index is 1.96. The SMILES string of the molecule is Cc1ccc2c(c1)oc1ccc(C3=CCCC=C3)cc12. The second-order valence-electron chi connectivity index (χ2n) is 5.45. The molecule has 0 N–H and O–H groups in total.